The molecule has 0 saturated carbocycles. The lowest BCUT2D eigenvalue weighted by Crippen LogP contribution is -2.09. The van der Waals surface area contributed by atoms with Crippen molar-refractivity contribution in [3.8, 4) is 0 Å². The normalized spacial score (nSPS) is 11.0. The molecule has 1 N–H and O–H groups in total. The van der Waals surface area contributed by atoms with Crippen LogP contribution in [0.4, 0.5) is 8.78 Å². The molecule has 0 amide bonds. The predicted octanol–water partition coefficient (Wildman–Crippen LogP) is 1.77. The zero-order valence-corrected chi connectivity index (χ0v) is 7.37. The number of aryl methyl sites for hydroxylation is 1. The fourth-order valence-electron chi connectivity index (χ4n) is 0.946. The van der Waals surface area contributed by atoms with Crippen molar-refractivity contribution in [1.82, 2.24) is 14.8 Å². The molecule has 0 spiro atoms. The van der Waals surface area contributed by atoms with Crippen LogP contribution >= 0.6 is 12.2 Å². The first kappa shape index (κ1) is 9.31. The monoisotopic (exact) mass is 193 g/mol. The Labute approximate surface area is 73.4 Å². The molecule has 3 nitrogen and oxygen atoms in total. The van der Waals surface area contributed by atoms with Crippen molar-refractivity contribution < 1.29 is 8.78 Å². The van der Waals surface area contributed by atoms with E-state index in [0.717, 1.165) is 0 Å². The quantitative estimate of drug-likeness (QED) is 0.742. The van der Waals surface area contributed by atoms with E-state index in [2.05, 4.69) is 10.2 Å². The van der Waals surface area contributed by atoms with Crippen LogP contribution in [-0.2, 0) is 13.0 Å². The number of nitrogens with zero attached hydrogens (tertiary/aromatic N) is 2. The van der Waals surface area contributed by atoms with Crippen LogP contribution in [0.3, 0.4) is 0 Å². The van der Waals surface area contributed by atoms with Gasteiger partial charge in [0.2, 0.25) is 0 Å². The summed E-state index contributed by atoms with van der Waals surface area (Å²) in [5.74, 6) is 0.570. The summed E-state index contributed by atoms with van der Waals surface area (Å²) in [4.78, 5) is 0. The molecular formula is C6H9F2N3S. The van der Waals surface area contributed by atoms with Gasteiger partial charge in [0.05, 0.1) is 6.54 Å². The van der Waals surface area contributed by atoms with Gasteiger partial charge < -0.3 is 0 Å². The third kappa shape index (κ3) is 1.88. The van der Waals surface area contributed by atoms with Crippen LogP contribution in [0.15, 0.2) is 0 Å². The van der Waals surface area contributed by atoms with Crippen molar-refractivity contribution in [2.45, 2.75) is 26.3 Å². The highest BCUT2D eigenvalue weighted by molar-refractivity contribution is 7.71. The fraction of sp³-hybridized carbons (Fsp3) is 0.667. The zero-order valence-electron chi connectivity index (χ0n) is 6.55. The molecule has 6 heteroatoms. The lowest BCUT2D eigenvalue weighted by Gasteiger charge is -2.02. The summed E-state index contributed by atoms with van der Waals surface area (Å²) in [7, 11) is 0. The molecule has 0 aliphatic heterocycles. The molecule has 0 aliphatic carbocycles. The summed E-state index contributed by atoms with van der Waals surface area (Å²) in [6.07, 6.45) is -1.79. The van der Waals surface area contributed by atoms with E-state index < -0.39 is 6.43 Å². The molecule has 0 atom stereocenters. The van der Waals surface area contributed by atoms with E-state index in [1.165, 1.54) is 4.57 Å². The van der Waals surface area contributed by atoms with Gasteiger partial charge in [-0.3, -0.25) is 9.67 Å². The Morgan fingerprint density at radius 2 is 2.33 bits per heavy atom. The Kier molecular flexibility index (Phi) is 2.91. The largest absolute Gasteiger partial charge is 0.298 e. The van der Waals surface area contributed by atoms with Crippen LogP contribution < -0.4 is 0 Å². The molecule has 0 bridgehead atoms. The topological polar surface area (TPSA) is 33.6 Å². The van der Waals surface area contributed by atoms with Crippen LogP contribution in [-0.4, -0.2) is 21.2 Å². The second kappa shape index (κ2) is 3.75. The Balaban J connectivity index is 2.94. The summed E-state index contributed by atoms with van der Waals surface area (Å²) in [6, 6.07) is 0. The van der Waals surface area contributed by atoms with Gasteiger partial charge in [0, 0.05) is 6.42 Å². The van der Waals surface area contributed by atoms with Crippen molar-refractivity contribution in [3.63, 3.8) is 0 Å². The van der Waals surface area contributed by atoms with Crippen LogP contribution in [0.5, 0.6) is 0 Å². The Bertz CT molecular complexity index is 304. The first-order chi connectivity index (χ1) is 5.65. The Morgan fingerprint density at radius 3 is 2.83 bits per heavy atom. The van der Waals surface area contributed by atoms with Gasteiger partial charge in [-0.05, 0) is 12.2 Å². The molecule has 0 radical (unpaired) electrons. The Hall–Kier alpha value is -0.780. The maximum atomic E-state index is 12.0. The number of nitrogens with one attached hydrogen (secondary N) is 1. The molecule has 12 heavy (non-hydrogen) atoms. The highest BCUT2D eigenvalue weighted by atomic mass is 32.1. The lowest BCUT2D eigenvalue weighted by atomic mass is 10.4. The van der Waals surface area contributed by atoms with E-state index in [4.69, 9.17) is 12.2 Å². The summed E-state index contributed by atoms with van der Waals surface area (Å²) < 4.78 is 25.5. The number of H-pyrrole nitrogens is 1. The van der Waals surface area contributed by atoms with Crippen molar-refractivity contribution in [1.29, 1.82) is 0 Å². The number of hydrogen-bond donors (Lipinski definition) is 1. The van der Waals surface area contributed by atoms with E-state index in [-0.39, 0.29) is 11.3 Å². The van der Waals surface area contributed by atoms with E-state index in [1.54, 1.807) is 0 Å². The molecule has 1 aromatic heterocycles. The first-order valence-corrected chi connectivity index (χ1v) is 3.98. The van der Waals surface area contributed by atoms with Crippen molar-refractivity contribution >= 4 is 12.2 Å². The molecule has 1 heterocycles. The van der Waals surface area contributed by atoms with Gasteiger partial charge in [-0.15, -0.1) is 0 Å². The maximum absolute atomic E-state index is 12.0. The Morgan fingerprint density at radius 1 is 1.67 bits per heavy atom. The summed E-state index contributed by atoms with van der Waals surface area (Å²) in [5, 5.41) is 6.28. The van der Waals surface area contributed by atoms with E-state index in [9.17, 15) is 8.78 Å². The average Bonchev–Trinajstić information content (AvgIpc) is 2.32. The van der Waals surface area contributed by atoms with Crippen LogP contribution in [0.1, 0.15) is 12.7 Å². The SMILES string of the molecule is CCc1n[nH]c(=S)n1CC(F)F. The first-order valence-electron chi connectivity index (χ1n) is 3.57. The average molecular weight is 193 g/mol. The van der Waals surface area contributed by atoms with Crippen LogP contribution in [0, 0.1) is 4.77 Å². The highest BCUT2D eigenvalue weighted by Crippen LogP contribution is 2.03. The summed E-state index contributed by atoms with van der Waals surface area (Å²) in [6.45, 7) is 1.46. The number of aromatic nitrogens is 3. The smallest absolute Gasteiger partial charge is 0.256 e. The van der Waals surface area contributed by atoms with Crippen molar-refractivity contribution in [3.05, 3.63) is 10.6 Å². The zero-order chi connectivity index (χ0) is 9.14. The third-order valence-electron chi connectivity index (χ3n) is 1.47. The second-order valence-corrected chi connectivity index (χ2v) is 2.69. The van der Waals surface area contributed by atoms with Gasteiger partial charge in [-0.2, -0.15) is 5.10 Å². The molecule has 0 fully saturated rings. The maximum Gasteiger partial charge on any atom is 0.256 e. The van der Waals surface area contributed by atoms with Gasteiger partial charge in [-0.1, -0.05) is 6.92 Å². The van der Waals surface area contributed by atoms with Gasteiger partial charge in [0.25, 0.3) is 6.43 Å². The minimum absolute atomic E-state index is 0.257. The number of aromatic amines is 1. The van der Waals surface area contributed by atoms with Crippen LogP contribution in [0.2, 0.25) is 0 Å². The minimum Gasteiger partial charge on any atom is -0.298 e. The van der Waals surface area contributed by atoms with Crippen molar-refractivity contribution in [2.24, 2.45) is 0 Å². The molecule has 0 aromatic carbocycles. The van der Waals surface area contributed by atoms with E-state index in [1.807, 2.05) is 6.92 Å². The molecule has 1 aromatic rings. The summed E-state index contributed by atoms with van der Waals surface area (Å²) in [5.41, 5.74) is 0. The second-order valence-electron chi connectivity index (χ2n) is 2.30. The number of halogens is 2. The van der Waals surface area contributed by atoms with Gasteiger partial charge in [0.15, 0.2) is 4.77 Å². The highest BCUT2D eigenvalue weighted by Gasteiger charge is 2.09. The molecular weight excluding hydrogens is 184 g/mol. The summed E-state index contributed by atoms with van der Waals surface area (Å²) >= 11 is 4.77. The molecule has 0 unspecified atom stereocenters. The van der Waals surface area contributed by atoms with Gasteiger partial charge in [-0.25, -0.2) is 8.78 Å². The number of hydrogen-bond acceptors (Lipinski definition) is 2. The molecule has 0 saturated heterocycles. The van der Waals surface area contributed by atoms with Gasteiger partial charge >= 0.3 is 0 Å². The minimum atomic E-state index is -2.39. The van der Waals surface area contributed by atoms with Crippen molar-refractivity contribution in [2.75, 3.05) is 0 Å². The van der Waals surface area contributed by atoms with Gasteiger partial charge in [0.1, 0.15) is 5.82 Å². The third-order valence-corrected chi connectivity index (χ3v) is 1.79. The predicted molar refractivity (Wildman–Crippen MR) is 42.8 cm³/mol. The standard InChI is InChI=1S/C6H9F2N3S/c1-2-5-9-10-6(12)11(5)3-4(7)8/h4H,2-3H2,1H3,(H,10,12). The number of alkyl halides is 2. The molecule has 0 aliphatic rings. The van der Waals surface area contributed by atoms with E-state index >= 15 is 0 Å². The number of rotatable bonds is 3. The van der Waals surface area contributed by atoms with E-state index in [0.29, 0.717) is 12.2 Å². The van der Waals surface area contributed by atoms with Crippen LogP contribution in [0.25, 0.3) is 0 Å². The molecule has 68 valence electrons. The fourth-order valence-corrected chi connectivity index (χ4v) is 1.17. The molecule has 1 rings (SSSR count). The lowest BCUT2D eigenvalue weighted by molar-refractivity contribution is 0.125.